The number of hydrogen-bond donors (Lipinski definition) is 1. The molecule has 1 amide bonds. The van der Waals surface area contributed by atoms with Crippen LogP contribution in [0.25, 0.3) is 0 Å². The van der Waals surface area contributed by atoms with Crippen LogP contribution >= 0.6 is 11.6 Å². The summed E-state index contributed by atoms with van der Waals surface area (Å²) in [6.45, 7) is 5.71. The van der Waals surface area contributed by atoms with E-state index in [1.807, 2.05) is 20.8 Å². The normalized spacial score (nSPS) is 32.9. The predicted octanol–water partition coefficient (Wildman–Crippen LogP) is 2.80. The maximum Gasteiger partial charge on any atom is 0.313 e. The molecule has 0 spiro atoms. The topological polar surface area (TPSA) is 68.3 Å². The van der Waals surface area contributed by atoms with Crippen molar-refractivity contribution in [3.63, 3.8) is 0 Å². The summed E-state index contributed by atoms with van der Waals surface area (Å²) in [7, 11) is 0. The largest absolute Gasteiger partial charge is 0.448 e. The van der Waals surface area contributed by atoms with Crippen LogP contribution in [0.15, 0.2) is 18.3 Å². The van der Waals surface area contributed by atoms with Crippen LogP contribution < -0.4 is 5.32 Å². The third kappa shape index (κ3) is 1.67. The Morgan fingerprint density at radius 3 is 2.52 bits per heavy atom. The number of nitrogens with one attached hydrogen (secondary N) is 1. The zero-order valence-electron chi connectivity index (χ0n) is 12.2. The van der Waals surface area contributed by atoms with Crippen LogP contribution in [0, 0.1) is 10.8 Å². The van der Waals surface area contributed by atoms with E-state index in [9.17, 15) is 9.59 Å². The molecule has 2 fully saturated rings. The number of carbonyl (C=O) groups is 2. The molecule has 2 aliphatic rings. The molecule has 1 N–H and O–H groups in total. The molecule has 1 aromatic rings. The molecule has 1 saturated carbocycles. The Kier molecular flexibility index (Phi) is 2.86. The van der Waals surface area contributed by atoms with Crippen LogP contribution in [-0.2, 0) is 14.3 Å². The summed E-state index contributed by atoms with van der Waals surface area (Å²) in [5.74, 6) is -0.221. The van der Waals surface area contributed by atoms with Gasteiger partial charge in [0.1, 0.15) is 5.82 Å². The Balaban J connectivity index is 1.91. The number of rotatable bonds is 2. The number of aromatic nitrogens is 1. The lowest BCUT2D eigenvalue weighted by atomic mass is 9.66. The van der Waals surface area contributed by atoms with Gasteiger partial charge < -0.3 is 10.1 Å². The van der Waals surface area contributed by atoms with E-state index in [0.717, 1.165) is 0 Å². The minimum absolute atomic E-state index is 0.294. The van der Waals surface area contributed by atoms with Crippen LogP contribution in [0.2, 0.25) is 5.02 Å². The zero-order chi connectivity index (χ0) is 15.5. The minimum atomic E-state index is -1.12. The van der Waals surface area contributed by atoms with Gasteiger partial charge in [-0.1, -0.05) is 25.4 Å². The average molecular weight is 309 g/mol. The molecule has 2 atom stereocenters. The number of pyridine rings is 1. The van der Waals surface area contributed by atoms with E-state index in [1.165, 1.54) is 6.20 Å². The number of anilines is 1. The lowest BCUT2D eigenvalue weighted by molar-refractivity contribution is -0.165. The van der Waals surface area contributed by atoms with Crippen LogP contribution in [-0.4, -0.2) is 22.5 Å². The quantitative estimate of drug-likeness (QED) is 0.853. The summed E-state index contributed by atoms with van der Waals surface area (Å²) in [6, 6.07) is 3.27. The van der Waals surface area contributed by atoms with E-state index in [-0.39, 0.29) is 11.9 Å². The molecule has 5 nitrogen and oxygen atoms in total. The van der Waals surface area contributed by atoms with Crippen molar-refractivity contribution in [1.82, 2.24) is 4.98 Å². The molecule has 1 aromatic heterocycles. The summed E-state index contributed by atoms with van der Waals surface area (Å²) >= 11 is 5.77. The number of esters is 1. The maximum absolute atomic E-state index is 12.7. The average Bonchev–Trinajstić information content (AvgIpc) is 2.72. The van der Waals surface area contributed by atoms with Crippen LogP contribution in [0.4, 0.5) is 5.82 Å². The standard InChI is InChI=1S/C15H17ClN2O3/c1-13(2)14(3)6-7-15(13,21-12(14)20)11(19)18-10-5-4-9(16)8-17-10/h4-5,8H,6-7H2,1-3H3,(H,17,18,19)/t14-,15+/m1/s1. The van der Waals surface area contributed by atoms with Gasteiger partial charge in [-0.05, 0) is 31.9 Å². The molecule has 0 radical (unpaired) electrons. The number of amides is 1. The highest BCUT2D eigenvalue weighted by atomic mass is 35.5. The summed E-state index contributed by atoms with van der Waals surface area (Å²) in [5.41, 5.74) is -2.30. The van der Waals surface area contributed by atoms with E-state index in [2.05, 4.69) is 10.3 Å². The monoisotopic (exact) mass is 308 g/mol. The first-order valence-corrected chi connectivity index (χ1v) is 7.27. The van der Waals surface area contributed by atoms with Crippen molar-refractivity contribution in [3.05, 3.63) is 23.4 Å². The molecule has 1 saturated heterocycles. The first kappa shape index (κ1) is 14.3. The Hall–Kier alpha value is -1.62. The number of hydrogen-bond acceptors (Lipinski definition) is 4. The summed E-state index contributed by atoms with van der Waals surface area (Å²) in [5, 5.41) is 3.23. The van der Waals surface area contributed by atoms with Gasteiger partial charge in [-0.15, -0.1) is 0 Å². The molecule has 3 rings (SSSR count). The lowest BCUT2D eigenvalue weighted by Crippen LogP contribution is -2.50. The van der Waals surface area contributed by atoms with Gasteiger partial charge in [0.2, 0.25) is 0 Å². The predicted molar refractivity (Wildman–Crippen MR) is 77.8 cm³/mol. The molecule has 1 aliphatic heterocycles. The van der Waals surface area contributed by atoms with Crippen molar-refractivity contribution in [2.24, 2.45) is 10.8 Å². The molecule has 21 heavy (non-hydrogen) atoms. The molecule has 1 aliphatic carbocycles. The molecule has 2 bridgehead atoms. The molecular weight excluding hydrogens is 292 g/mol. The first-order valence-electron chi connectivity index (χ1n) is 6.89. The second-order valence-electron chi connectivity index (χ2n) is 6.49. The molecule has 0 unspecified atom stereocenters. The SMILES string of the molecule is CC1(C)[C@@]2(C(=O)Nc3ccc(Cl)cn3)CC[C@]1(C)C(=O)O2. The Morgan fingerprint density at radius 1 is 1.33 bits per heavy atom. The van der Waals surface area contributed by atoms with Crippen molar-refractivity contribution < 1.29 is 14.3 Å². The van der Waals surface area contributed by atoms with E-state index in [1.54, 1.807) is 12.1 Å². The van der Waals surface area contributed by atoms with Gasteiger partial charge in [0.05, 0.1) is 10.4 Å². The van der Waals surface area contributed by atoms with Crippen molar-refractivity contribution in [3.8, 4) is 0 Å². The van der Waals surface area contributed by atoms with Gasteiger partial charge >= 0.3 is 5.97 Å². The van der Waals surface area contributed by atoms with Crippen LogP contribution in [0.1, 0.15) is 33.6 Å². The van der Waals surface area contributed by atoms with Crippen molar-refractivity contribution in [2.45, 2.75) is 39.2 Å². The molecule has 0 aromatic carbocycles. The second kappa shape index (κ2) is 4.19. The molecule has 6 heteroatoms. The minimum Gasteiger partial charge on any atom is -0.448 e. The number of fused-ring (bicyclic) bond motifs is 2. The van der Waals surface area contributed by atoms with Crippen LogP contribution in [0.3, 0.4) is 0 Å². The number of ether oxygens (including phenoxy) is 1. The van der Waals surface area contributed by atoms with Gasteiger partial charge in [0, 0.05) is 11.6 Å². The smallest absolute Gasteiger partial charge is 0.313 e. The first-order chi connectivity index (χ1) is 9.73. The lowest BCUT2D eigenvalue weighted by Gasteiger charge is -2.35. The van der Waals surface area contributed by atoms with Gasteiger partial charge in [0.25, 0.3) is 5.91 Å². The van der Waals surface area contributed by atoms with Crippen molar-refractivity contribution in [2.75, 3.05) is 5.32 Å². The fraction of sp³-hybridized carbons (Fsp3) is 0.533. The number of carbonyl (C=O) groups excluding carboxylic acids is 2. The second-order valence-corrected chi connectivity index (χ2v) is 6.93. The highest BCUT2D eigenvalue weighted by Gasteiger charge is 2.75. The Labute approximate surface area is 128 Å². The number of halogens is 1. The summed E-state index contributed by atoms with van der Waals surface area (Å²) in [6.07, 6.45) is 2.64. The Bertz CT molecular complexity index is 628. The summed E-state index contributed by atoms with van der Waals surface area (Å²) < 4.78 is 5.52. The van der Waals surface area contributed by atoms with Gasteiger partial charge in [-0.25, -0.2) is 4.98 Å². The van der Waals surface area contributed by atoms with E-state index in [0.29, 0.717) is 23.7 Å². The Morgan fingerprint density at radius 2 is 2.05 bits per heavy atom. The van der Waals surface area contributed by atoms with E-state index in [4.69, 9.17) is 16.3 Å². The fourth-order valence-corrected chi connectivity index (χ4v) is 3.53. The van der Waals surface area contributed by atoms with Crippen LogP contribution in [0.5, 0.6) is 0 Å². The van der Waals surface area contributed by atoms with Gasteiger partial charge in [-0.3, -0.25) is 9.59 Å². The van der Waals surface area contributed by atoms with Crippen molar-refractivity contribution >= 4 is 29.3 Å². The molecular formula is C15H17ClN2O3. The van der Waals surface area contributed by atoms with E-state index >= 15 is 0 Å². The molecule has 2 heterocycles. The highest BCUT2D eigenvalue weighted by molar-refractivity contribution is 6.30. The molecule has 112 valence electrons. The van der Waals surface area contributed by atoms with E-state index < -0.39 is 16.4 Å². The third-order valence-corrected chi connectivity index (χ3v) is 5.64. The number of nitrogens with zero attached hydrogens (tertiary/aromatic N) is 1. The van der Waals surface area contributed by atoms with Gasteiger partial charge in [0.15, 0.2) is 5.60 Å². The van der Waals surface area contributed by atoms with Gasteiger partial charge in [-0.2, -0.15) is 0 Å². The maximum atomic E-state index is 12.7. The zero-order valence-corrected chi connectivity index (χ0v) is 13.0. The third-order valence-electron chi connectivity index (χ3n) is 5.42. The van der Waals surface area contributed by atoms with Crippen molar-refractivity contribution in [1.29, 1.82) is 0 Å². The fourth-order valence-electron chi connectivity index (χ4n) is 3.41. The highest BCUT2D eigenvalue weighted by Crippen LogP contribution is 2.65. The summed E-state index contributed by atoms with van der Waals surface area (Å²) in [4.78, 5) is 28.9.